The Hall–Kier alpha value is -3.13. The highest BCUT2D eigenvalue weighted by Crippen LogP contribution is 2.11. The Labute approximate surface area is 134 Å². The zero-order valence-electron chi connectivity index (χ0n) is 12.5. The number of carbonyl (C=O) groups excluding carboxylic acids is 1. The van der Waals surface area contributed by atoms with Gasteiger partial charge in [0.25, 0.3) is 5.91 Å². The van der Waals surface area contributed by atoms with Gasteiger partial charge < -0.3 is 10.3 Å². The maximum atomic E-state index is 12.0. The van der Waals surface area contributed by atoms with Crippen molar-refractivity contribution in [2.75, 3.05) is 6.54 Å². The van der Waals surface area contributed by atoms with Crippen LogP contribution in [0.25, 0.3) is 11.0 Å². The molecule has 0 saturated carbocycles. The molecule has 1 aromatic heterocycles. The van der Waals surface area contributed by atoms with E-state index in [4.69, 9.17) is 5.26 Å². The first-order valence-corrected chi connectivity index (χ1v) is 7.48. The first-order valence-electron chi connectivity index (χ1n) is 7.48. The third kappa shape index (κ3) is 3.55. The number of carbonyl (C=O) groups is 1. The second-order valence-corrected chi connectivity index (χ2v) is 5.25. The van der Waals surface area contributed by atoms with Crippen LogP contribution < -0.4 is 5.32 Å². The van der Waals surface area contributed by atoms with Crippen LogP contribution in [-0.2, 0) is 6.42 Å². The van der Waals surface area contributed by atoms with Crippen LogP contribution in [-0.4, -0.2) is 22.4 Å². The summed E-state index contributed by atoms with van der Waals surface area (Å²) in [7, 11) is 0. The first kappa shape index (κ1) is 14.8. The molecule has 0 aliphatic carbocycles. The van der Waals surface area contributed by atoms with Crippen LogP contribution in [0.2, 0.25) is 0 Å². The van der Waals surface area contributed by atoms with Crippen LogP contribution in [0.1, 0.15) is 28.2 Å². The van der Waals surface area contributed by atoms with E-state index in [1.54, 1.807) is 24.3 Å². The van der Waals surface area contributed by atoms with E-state index in [-0.39, 0.29) is 5.91 Å². The number of benzene rings is 2. The number of rotatable bonds is 5. The molecule has 2 N–H and O–H groups in total. The van der Waals surface area contributed by atoms with Gasteiger partial charge in [0.1, 0.15) is 5.82 Å². The summed E-state index contributed by atoms with van der Waals surface area (Å²) >= 11 is 0. The Bertz CT molecular complexity index is 826. The predicted octanol–water partition coefficient (Wildman–Crippen LogP) is 2.80. The van der Waals surface area contributed by atoms with E-state index in [1.807, 2.05) is 30.3 Å². The molecule has 0 bridgehead atoms. The Morgan fingerprint density at radius 2 is 1.96 bits per heavy atom. The lowest BCUT2D eigenvalue weighted by Crippen LogP contribution is -2.24. The lowest BCUT2D eigenvalue weighted by atomic mass is 10.1. The third-order valence-electron chi connectivity index (χ3n) is 3.59. The van der Waals surface area contributed by atoms with Crippen molar-refractivity contribution >= 4 is 16.9 Å². The number of aryl methyl sites for hydroxylation is 1. The average molecular weight is 304 g/mol. The molecule has 23 heavy (non-hydrogen) atoms. The van der Waals surface area contributed by atoms with Crippen LogP contribution in [0, 0.1) is 11.3 Å². The molecular formula is C18H16N4O. The van der Waals surface area contributed by atoms with Crippen molar-refractivity contribution in [3.05, 3.63) is 65.5 Å². The van der Waals surface area contributed by atoms with E-state index in [0.717, 1.165) is 29.7 Å². The zero-order valence-corrected chi connectivity index (χ0v) is 12.5. The number of hydrogen-bond donors (Lipinski definition) is 2. The summed E-state index contributed by atoms with van der Waals surface area (Å²) in [6, 6.07) is 16.5. The standard InChI is InChI=1S/C18H16N4O/c19-12-13-7-9-14(10-8-13)18(23)20-11-3-6-17-21-15-4-1-2-5-16(15)22-17/h1-2,4-5,7-10H,3,6,11H2,(H,20,23)(H,21,22). The molecule has 5 nitrogen and oxygen atoms in total. The Morgan fingerprint density at radius 3 is 2.70 bits per heavy atom. The molecule has 1 heterocycles. The number of amides is 1. The maximum absolute atomic E-state index is 12.0. The average Bonchev–Trinajstić information content (AvgIpc) is 3.01. The molecule has 114 valence electrons. The van der Waals surface area contributed by atoms with Crippen molar-refractivity contribution in [1.29, 1.82) is 5.26 Å². The van der Waals surface area contributed by atoms with Gasteiger partial charge in [-0.3, -0.25) is 4.79 Å². The summed E-state index contributed by atoms with van der Waals surface area (Å²) in [5, 5.41) is 11.6. The molecule has 0 aliphatic heterocycles. The Balaban J connectivity index is 1.49. The highest BCUT2D eigenvalue weighted by atomic mass is 16.1. The number of nitrogens with one attached hydrogen (secondary N) is 2. The number of H-pyrrole nitrogens is 1. The molecule has 0 unspecified atom stereocenters. The van der Waals surface area contributed by atoms with E-state index in [2.05, 4.69) is 15.3 Å². The molecule has 0 aliphatic rings. The van der Waals surface area contributed by atoms with E-state index in [0.29, 0.717) is 17.7 Å². The van der Waals surface area contributed by atoms with E-state index < -0.39 is 0 Å². The van der Waals surface area contributed by atoms with Gasteiger partial charge in [-0.25, -0.2) is 4.98 Å². The number of para-hydroxylation sites is 2. The molecule has 1 amide bonds. The second-order valence-electron chi connectivity index (χ2n) is 5.25. The molecule has 0 saturated heterocycles. The normalized spacial score (nSPS) is 10.4. The van der Waals surface area contributed by atoms with Crippen molar-refractivity contribution in [2.24, 2.45) is 0 Å². The van der Waals surface area contributed by atoms with Crippen LogP contribution in [0.3, 0.4) is 0 Å². The van der Waals surface area contributed by atoms with Gasteiger partial charge in [0, 0.05) is 18.5 Å². The third-order valence-corrected chi connectivity index (χ3v) is 3.59. The highest BCUT2D eigenvalue weighted by Gasteiger charge is 2.05. The number of hydrogen-bond acceptors (Lipinski definition) is 3. The zero-order chi connectivity index (χ0) is 16.1. The summed E-state index contributed by atoms with van der Waals surface area (Å²) in [6.07, 6.45) is 1.59. The smallest absolute Gasteiger partial charge is 0.251 e. The molecule has 0 atom stereocenters. The number of imidazole rings is 1. The van der Waals surface area contributed by atoms with Crippen molar-refractivity contribution in [1.82, 2.24) is 15.3 Å². The number of fused-ring (bicyclic) bond motifs is 1. The largest absolute Gasteiger partial charge is 0.352 e. The fraction of sp³-hybridized carbons (Fsp3) is 0.167. The van der Waals surface area contributed by atoms with Crippen molar-refractivity contribution in [3.8, 4) is 6.07 Å². The topological polar surface area (TPSA) is 81.6 Å². The van der Waals surface area contributed by atoms with Crippen LogP contribution in [0.5, 0.6) is 0 Å². The summed E-state index contributed by atoms with van der Waals surface area (Å²) in [5.74, 6) is 0.804. The minimum Gasteiger partial charge on any atom is -0.352 e. The summed E-state index contributed by atoms with van der Waals surface area (Å²) in [5.41, 5.74) is 3.10. The Morgan fingerprint density at radius 1 is 1.17 bits per heavy atom. The summed E-state index contributed by atoms with van der Waals surface area (Å²) in [6.45, 7) is 0.579. The fourth-order valence-electron chi connectivity index (χ4n) is 2.38. The van der Waals surface area contributed by atoms with Crippen molar-refractivity contribution in [2.45, 2.75) is 12.8 Å². The second kappa shape index (κ2) is 6.75. The van der Waals surface area contributed by atoms with Crippen molar-refractivity contribution in [3.63, 3.8) is 0 Å². The molecular weight excluding hydrogens is 288 g/mol. The fourth-order valence-corrected chi connectivity index (χ4v) is 2.38. The predicted molar refractivity (Wildman–Crippen MR) is 87.9 cm³/mol. The number of aromatic amines is 1. The van der Waals surface area contributed by atoms with Crippen molar-refractivity contribution < 1.29 is 4.79 Å². The number of nitriles is 1. The minimum atomic E-state index is -0.126. The quantitative estimate of drug-likeness (QED) is 0.711. The number of nitrogens with zero attached hydrogens (tertiary/aromatic N) is 2. The molecule has 3 aromatic rings. The van der Waals surface area contributed by atoms with Gasteiger partial charge >= 0.3 is 0 Å². The summed E-state index contributed by atoms with van der Waals surface area (Å²) in [4.78, 5) is 19.8. The van der Waals surface area contributed by atoms with Gasteiger partial charge in [-0.15, -0.1) is 0 Å². The molecule has 3 rings (SSSR count). The molecule has 0 radical (unpaired) electrons. The SMILES string of the molecule is N#Cc1ccc(C(=O)NCCCc2nc3ccccc3[nH]2)cc1. The minimum absolute atomic E-state index is 0.126. The summed E-state index contributed by atoms with van der Waals surface area (Å²) < 4.78 is 0. The Kier molecular flexibility index (Phi) is 4.34. The number of aromatic nitrogens is 2. The van der Waals surface area contributed by atoms with Gasteiger partial charge in [-0.05, 0) is 42.8 Å². The highest BCUT2D eigenvalue weighted by molar-refractivity contribution is 5.94. The maximum Gasteiger partial charge on any atom is 0.251 e. The molecule has 2 aromatic carbocycles. The van der Waals surface area contributed by atoms with E-state index in [1.165, 1.54) is 0 Å². The van der Waals surface area contributed by atoms with E-state index in [9.17, 15) is 4.79 Å². The lowest BCUT2D eigenvalue weighted by Gasteiger charge is -2.04. The van der Waals surface area contributed by atoms with Crippen LogP contribution >= 0.6 is 0 Å². The molecule has 5 heteroatoms. The lowest BCUT2D eigenvalue weighted by molar-refractivity contribution is 0.0953. The van der Waals surface area contributed by atoms with Gasteiger partial charge in [0.15, 0.2) is 0 Å². The monoisotopic (exact) mass is 304 g/mol. The van der Waals surface area contributed by atoms with Gasteiger partial charge in [-0.2, -0.15) is 5.26 Å². The molecule has 0 spiro atoms. The van der Waals surface area contributed by atoms with Gasteiger partial charge in [0.05, 0.1) is 22.7 Å². The van der Waals surface area contributed by atoms with E-state index >= 15 is 0 Å². The molecule has 0 fully saturated rings. The van der Waals surface area contributed by atoms with Crippen LogP contribution in [0.15, 0.2) is 48.5 Å². The van der Waals surface area contributed by atoms with Gasteiger partial charge in [-0.1, -0.05) is 12.1 Å². The van der Waals surface area contributed by atoms with Crippen LogP contribution in [0.4, 0.5) is 0 Å². The first-order chi connectivity index (χ1) is 11.3. The van der Waals surface area contributed by atoms with Gasteiger partial charge in [0.2, 0.25) is 0 Å².